The van der Waals surface area contributed by atoms with Gasteiger partial charge >= 0.3 is 0 Å². The number of hydrogen-bond donors (Lipinski definition) is 2. The Labute approximate surface area is 175 Å². The maximum Gasteiger partial charge on any atom is 0.274 e. The summed E-state index contributed by atoms with van der Waals surface area (Å²) in [6, 6.07) is 7.36. The summed E-state index contributed by atoms with van der Waals surface area (Å²) in [5, 5.41) is 9.58. The van der Waals surface area contributed by atoms with Crippen LogP contribution in [0.15, 0.2) is 49.1 Å². The summed E-state index contributed by atoms with van der Waals surface area (Å²) >= 11 is 0. The molecule has 0 saturated carbocycles. The molecule has 3 aromatic heterocycles. The highest BCUT2D eigenvalue weighted by atomic mass is 16.5. The molecule has 8 heteroatoms. The lowest BCUT2D eigenvalue weighted by Gasteiger charge is -2.28. The summed E-state index contributed by atoms with van der Waals surface area (Å²) < 4.78 is 5.95. The summed E-state index contributed by atoms with van der Waals surface area (Å²) in [6.07, 6.45) is 12.6. The van der Waals surface area contributed by atoms with Crippen molar-refractivity contribution in [3.05, 3.63) is 65.9 Å². The van der Waals surface area contributed by atoms with E-state index in [4.69, 9.17) is 4.74 Å². The third-order valence-electron chi connectivity index (χ3n) is 4.98. The molecule has 1 aliphatic rings. The molecule has 1 saturated heterocycles. The molecule has 4 heterocycles. The average molecular weight is 404 g/mol. The van der Waals surface area contributed by atoms with Crippen molar-refractivity contribution in [2.24, 2.45) is 0 Å². The number of rotatable bonds is 6. The second-order valence-electron chi connectivity index (χ2n) is 7.28. The Morgan fingerprint density at radius 2 is 2.07 bits per heavy atom. The quantitative estimate of drug-likeness (QED) is 0.655. The molecule has 4 rings (SSSR count). The Bertz CT molecular complexity index is 992. The fourth-order valence-electron chi connectivity index (χ4n) is 3.26. The summed E-state index contributed by atoms with van der Waals surface area (Å²) in [6.45, 7) is 2.06. The lowest BCUT2D eigenvalue weighted by atomic mass is 10.1. The lowest BCUT2D eigenvalue weighted by Crippen LogP contribution is -2.35. The van der Waals surface area contributed by atoms with E-state index in [1.54, 1.807) is 36.9 Å². The first-order valence-electron chi connectivity index (χ1n) is 9.91. The van der Waals surface area contributed by atoms with E-state index >= 15 is 0 Å². The van der Waals surface area contributed by atoms with Gasteiger partial charge in [0.25, 0.3) is 5.91 Å². The van der Waals surface area contributed by atoms with Gasteiger partial charge in [-0.15, -0.1) is 0 Å². The van der Waals surface area contributed by atoms with Crippen LogP contribution in [0.25, 0.3) is 12.2 Å². The number of nitrogens with one attached hydrogen (secondary N) is 2. The predicted molar refractivity (Wildman–Crippen MR) is 115 cm³/mol. The van der Waals surface area contributed by atoms with Crippen LogP contribution in [0.5, 0.6) is 5.88 Å². The van der Waals surface area contributed by atoms with Crippen molar-refractivity contribution >= 4 is 23.7 Å². The van der Waals surface area contributed by atoms with E-state index in [2.05, 4.69) is 37.4 Å². The molecular formula is C22H24N6O2. The summed E-state index contributed by atoms with van der Waals surface area (Å²) in [4.78, 5) is 23.3. The SMILES string of the molecule is CN1CCC(Oc2ccc(NC(=O)c3[nH]ncc3/C=C/c3cccnc3)cn2)CC1. The zero-order valence-electron chi connectivity index (χ0n) is 16.8. The van der Waals surface area contributed by atoms with Gasteiger partial charge in [0.15, 0.2) is 0 Å². The monoisotopic (exact) mass is 404 g/mol. The van der Waals surface area contributed by atoms with Crippen LogP contribution in [-0.2, 0) is 0 Å². The average Bonchev–Trinajstić information content (AvgIpc) is 3.25. The molecule has 0 spiro atoms. The number of ether oxygens (including phenoxy) is 1. The molecule has 3 aromatic rings. The number of aromatic amines is 1. The Kier molecular flexibility index (Phi) is 6.14. The lowest BCUT2D eigenvalue weighted by molar-refractivity contribution is 0.102. The zero-order chi connectivity index (χ0) is 20.8. The van der Waals surface area contributed by atoms with Gasteiger partial charge in [-0.1, -0.05) is 18.2 Å². The fourth-order valence-corrected chi connectivity index (χ4v) is 3.26. The van der Waals surface area contributed by atoms with Crippen LogP contribution in [-0.4, -0.2) is 57.2 Å². The Morgan fingerprint density at radius 3 is 2.80 bits per heavy atom. The summed E-state index contributed by atoms with van der Waals surface area (Å²) in [7, 11) is 2.12. The topological polar surface area (TPSA) is 96.0 Å². The predicted octanol–water partition coefficient (Wildman–Crippen LogP) is 3.10. The van der Waals surface area contributed by atoms with Crippen LogP contribution in [0.3, 0.4) is 0 Å². The molecule has 0 atom stereocenters. The van der Waals surface area contributed by atoms with Crippen LogP contribution in [0.4, 0.5) is 5.69 Å². The molecule has 154 valence electrons. The number of H-pyrrole nitrogens is 1. The molecule has 2 N–H and O–H groups in total. The van der Waals surface area contributed by atoms with E-state index in [0.717, 1.165) is 31.5 Å². The first-order valence-corrected chi connectivity index (χ1v) is 9.91. The molecule has 0 unspecified atom stereocenters. The number of pyridine rings is 2. The minimum Gasteiger partial charge on any atom is -0.474 e. The van der Waals surface area contributed by atoms with Crippen LogP contribution < -0.4 is 10.1 Å². The smallest absolute Gasteiger partial charge is 0.274 e. The molecule has 8 nitrogen and oxygen atoms in total. The molecular weight excluding hydrogens is 380 g/mol. The second kappa shape index (κ2) is 9.32. The van der Waals surface area contributed by atoms with E-state index in [-0.39, 0.29) is 12.0 Å². The van der Waals surface area contributed by atoms with Gasteiger partial charge in [-0.2, -0.15) is 5.10 Å². The van der Waals surface area contributed by atoms with Crippen molar-refractivity contribution in [2.75, 3.05) is 25.5 Å². The van der Waals surface area contributed by atoms with E-state index in [9.17, 15) is 4.79 Å². The molecule has 0 radical (unpaired) electrons. The van der Waals surface area contributed by atoms with Gasteiger partial charge < -0.3 is 15.0 Å². The van der Waals surface area contributed by atoms with E-state index < -0.39 is 0 Å². The number of carbonyl (C=O) groups is 1. The van der Waals surface area contributed by atoms with Crippen LogP contribution in [0, 0.1) is 0 Å². The summed E-state index contributed by atoms with van der Waals surface area (Å²) in [5.41, 5.74) is 2.59. The Hall–Kier alpha value is -3.52. The number of likely N-dealkylation sites (tertiary alicyclic amines) is 1. The normalized spacial score (nSPS) is 15.4. The van der Waals surface area contributed by atoms with Crippen LogP contribution in [0.2, 0.25) is 0 Å². The van der Waals surface area contributed by atoms with Gasteiger partial charge in [-0.05, 0) is 37.6 Å². The molecule has 0 aromatic carbocycles. The van der Waals surface area contributed by atoms with E-state index in [1.165, 1.54) is 0 Å². The number of anilines is 1. The zero-order valence-corrected chi connectivity index (χ0v) is 16.8. The highest BCUT2D eigenvalue weighted by Gasteiger charge is 2.18. The first-order chi connectivity index (χ1) is 14.7. The molecule has 1 fully saturated rings. The van der Waals surface area contributed by atoms with E-state index in [0.29, 0.717) is 22.8 Å². The number of amides is 1. The molecule has 0 aliphatic carbocycles. The van der Waals surface area contributed by atoms with Crippen molar-refractivity contribution in [1.29, 1.82) is 0 Å². The van der Waals surface area contributed by atoms with Gasteiger partial charge in [0, 0.05) is 37.1 Å². The Balaban J connectivity index is 1.36. The molecule has 1 amide bonds. The van der Waals surface area contributed by atoms with Crippen molar-refractivity contribution < 1.29 is 9.53 Å². The summed E-state index contributed by atoms with van der Waals surface area (Å²) in [5.74, 6) is 0.285. The van der Waals surface area contributed by atoms with Gasteiger partial charge in [0.05, 0.1) is 18.1 Å². The number of aromatic nitrogens is 4. The molecule has 0 bridgehead atoms. The first kappa shape index (κ1) is 19.8. The minimum atomic E-state index is -0.288. The van der Waals surface area contributed by atoms with Gasteiger partial charge in [0.1, 0.15) is 11.8 Å². The maximum absolute atomic E-state index is 12.6. The highest BCUT2D eigenvalue weighted by molar-refractivity contribution is 6.05. The third-order valence-corrected chi connectivity index (χ3v) is 4.98. The minimum absolute atomic E-state index is 0.188. The van der Waals surface area contributed by atoms with Crippen LogP contribution >= 0.6 is 0 Å². The number of carbonyl (C=O) groups excluding carboxylic acids is 1. The highest BCUT2D eigenvalue weighted by Crippen LogP contribution is 2.19. The van der Waals surface area contributed by atoms with Crippen LogP contribution in [0.1, 0.15) is 34.5 Å². The fraction of sp³-hybridized carbons (Fsp3) is 0.273. The number of hydrogen-bond acceptors (Lipinski definition) is 6. The maximum atomic E-state index is 12.6. The van der Waals surface area contributed by atoms with Gasteiger partial charge in [0.2, 0.25) is 5.88 Å². The van der Waals surface area contributed by atoms with Crippen molar-refractivity contribution in [3.8, 4) is 5.88 Å². The third kappa shape index (κ3) is 5.09. The standard InChI is InChI=1S/C22H24N6O2/c1-28-11-8-19(9-12-28)30-20-7-6-18(15-24-20)26-22(29)21-17(14-25-27-21)5-4-16-3-2-10-23-13-16/h2-7,10,13-15,19H,8-9,11-12H2,1H3,(H,25,27)(H,26,29)/b5-4+. The molecule has 30 heavy (non-hydrogen) atoms. The van der Waals surface area contributed by atoms with Crippen molar-refractivity contribution in [1.82, 2.24) is 25.1 Å². The van der Waals surface area contributed by atoms with Crippen molar-refractivity contribution in [3.63, 3.8) is 0 Å². The number of piperidine rings is 1. The molecule has 1 aliphatic heterocycles. The van der Waals surface area contributed by atoms with E-state index in [1.807, 2.05) is 24.3 Å². The second-order valence-corrected chi connectivity index (χ2v) is 7.28. The van der Waals surface area contributed by atoms with Gasteiger partial charge in [-0.25, -0.2) is 4.98 Å². The largest absolute Gasteiger partial charge is 0.474 e. The van der Waals surface area contributed by atoms with Gasteiger partial charge in [-0.3, -0.25) is 14.9 Å². The number of nitrogens with zero attached hydrogens (tertiary/aromatic N) is 4. The van der Waals surface area contributed by atoms with Crippen molar-refractivity contribution in [2.45, 2.75) is 18.9 Å². The Morgan fingerprint density at radius 1 is 1.20 bits per heavy atom.